The molecule has 3 N–H and O–H groups in total. The molecule has 0 aliphatic heterocycles. The van der Waals surface area contributed by atoms with Crippen LogP contribution in [0, 0.1) is 0 Å². The van der Waals surface area contributed by atoms with Gasteiger partial charge in [0.05, 0.1) is 12.7 Å². The molecule has 2 aromatic rings. The second kappa shape index (κ2) is 6.42. The van der Waals surface area contributed by atoms with Gasteiger partial charge in [-0.25, -0.2) is 4.98 Å². The van der Waals surface area contributed by atoms with E-state index in [1.165, 1.54) is 0 Å². The van der Waals surface area contributed by atoms with Crippen LogP contribution in [0.1, 0.15) is 11.1 Å². The summed E-state index contributed by atoms with van der Waals surface area (Å²) < 4.78 is 10.7. The highest BCUT2D eigenvalue weighted by Gasteiger charge is 2.09. The van der Waals surface area contributed by atoms with E-state index >= 15 is 0 Å². The molecule has 0 radical (unpaired) electrons. The summed E-state index contributed by atoms with van der Waals surface area (Å²) in [6.07, 6.45) is 1.58. The summed E-state index contributed by atoms with van der Waals surface area (Å²) in [4.78, 5) is 4.08. The van der Waals surface area contributed by atoms with Gasteiger partial charge in [-0.2, -0.15) is 0 Å². The number of rotatable bonds is 5. The van der Waals surface area contributed by atoms with E-state index in [1.54, 1.807) is 25.4 Å². The number of nitrogens with zero attached hydrogens (tertiary/aromatic N) is 2. The Bertz CT molecular complexity index is 614. The van der Waals surface area contributed by atoms with E-state index < -0.39 is 0 Å². The number of oxime groups is 1. The first-order valence-electron chi connectivity index (χ1n) is 5.93. The maximum atomic E-state index is 8.73. The molecule has 1 heterocycles. The fourth-order valence-electron chi connectivity index (χ4n) is 1.67. The number of benzene rings is 1. The van der Waals surface area contributed by atoms with Gasteiger partial charge >= 0.3 is 0 Å². The van der Waals surface area contributed by atoms with Crippen molar-refractivity contribution in [2.24, 2.45) is 10.9 Å². The second-order valence-corrected chi connectivity index (χ2v) is 3.98. The monoisotopic (exact) mass is 273 g/mol. The molecule has 0 fully saturated rings. The van der Waals surface area contributed by atoms with Crippen LogP contribution in [-0.4, -0.2) is 23.1 Å². The number of nitrogens with two attached hydrogens (primary N) is 1. The minimum Gasteiger partial charge on any atom is -0.497 e. The zero-order valence-corrected chi connectivity index (χ0v) is 11.0. The molecular weight excluding hydrogens is 258 g/mol. The maximum Gasteiger partial charge on any atom is 0.224 e. The van der Waals surface area contributed by atoms with Crippen LogP contribution >= 0.6 is 0 Å². The lowest BCUT2D eigenvalue weighted by atomic mass is 10.2. The number of hydrogen-bond donors (Lipinski definition) is 2. The second-order valence-electron chi connectivity index (χ2n) is 3.98. The van der Waals surface area contributed by atoms with Gasteiger partial charge in [0.1, 0.15) is 12.4 Å². The fourth-order valence-corrected chi connectivity index (χ4v) is 1.67. The van der Waals surface area contributed by atoms with Gasteiger partial charge in [0.25, 0.3) is 0 Å². The minimum absolute atomic E-state index is 0.0428. The van der Waals surface area contributed by atoms with E-state index in [1.807, 2.05) is 24.3 Å². The molecule has 0 saturated carbocycles. The summed E-state index contributed by atoms with van der Waals surface area (Å²) in [5, 5.41) is 11.7. The molecule has 6 nitrogen and oxygen atoms in total. The van der Waals surface area contributed by atoms with E-state index in [-0.39, 0.29) is 5.84 Å². The van der Waals surface area contributed by atoms with Gasteiger partial charge in [0, 0.05) is 6.20 Å². The van der Waals surface area contributed by atoms with Crippen LogP contribution < -0.4 is 15.2 Å². The van der Waals surface area contributed by atoms with Crippen LogP contribution in [-0.2, 0) is 6.61 Å². The van der Waals surface area contributed by atoms with Gasteiger partial charge < -0.3 is 20.4 Å². The molecule has 2 rings (SSSR count). The summed E-state index contributed by atoms with van der Waals surface area (Å²) in [7, 11) is 1.61. The molecule has 0 bridgehead atoms. The number of hydrogen-bond acceptors (Lipinski definition) is 5. The molecule has 0 aliphatic rings. The Hall–Kier alpha value is -2.76. The Morgan fingerprint density at radius 3 is 2.95 bits per heavy atom. The van der Waals surface area contributed by atoms with Crippen LogP contribution in [0.3, 0.4) is 0 Å². The molecule has 1 aromatic carbocycles. The molecule has 1 aromatic heterocycles. The van der Waals surface area contributed by atoms with Crippen LogP contribution in [0.2, 0.25) is 0 Å². The highest BCUT2D eigenvalue weighted by atomic mass is 16.5. The number of amidine groups is 1. The first-order chi connectivity index (χ1) is 9.74. The SMILES string of the molecule is COc1cccc(COc2ncccc2/C(N)=N/O)c1. The molecule has 0 unspecified atom stereocenters. The van der Waals surface area contributed by atoms with Crippen LogP contribution in [0.15, 0.2) is 47.8 Å². The van der Waals surface area contributed by atoms with Gasteiger partial charge in [-0.15, -0.1) is 0 Å². The van der Waals surface area contributed by atoms with E-state index in [9.17, 15) is 0 Å². The lowest BCUT2D eigenvalue weighted by Crippen LogP contribution is -2.15. The van der Waals surface area contributed by atoms with E-state index in [4.69, 9.17) is 20.4 Å². The van der Waals surface area contributed by atoms with Gasteiger partial charge in [-0.1, -0.05) is 17.3 Å². The summed E-state index contributed by atoms with van der Waals surface area (Å²) in [6, 6.07) is 10.9. The minimum atomic E-state index is -0.0428. The van der Waals surface area contributed by atoms with Gasteiger partial charge in [-0.05, 0) is 29.8 Å². The van der Waals surface area contributed by atoms with E-state index in [0.717, 1.165) is 11.3 Å². The summed E-state index contributed by atoms with van der Waals surface area (Å²) in [6.45, 7) is 0.305. The summed E-state index contributed by atoms with van der Waals surface area (Å²) in [5.41, 5.74) is 6.94. The summed E-state index contributed by atoms with van der Waals surface area (Å²) >= 11 is 0. The van der Waals surface area contributed by atoms with Crippen molar-refractivity contribution in [3.05, 3.63) is 53.7 Å². The smallest absolute Gasteiger partial charge is 0.224 e. The van der Waals surface area contributed by atoms with Crippen LogP contribution in [0.4, 0.5) is 0 Å². The van der Waals surface area contributed by atoms with Crippen molar-refractivity contribution in [3.63, 3.8) is 0 Å². The van der Waals surface area contributed by atoms with E-state index in [0.29, 0.717) is 18.1 Å². The third-order valence-electron chi connectivity index (χ3n) is 2.66. The molecule has 0 aliphatic carbocycles. The molecule has 104 valence electrons. The molecule has 0 spiro atoms. The number of pyridine rings is 1. The average Bonchev–Trinajstić information content (AvgIpc) is 2.52. The Morgan fingerprint density at radius 2 is 2.20 bits per heavy atom. The standard InChI is InChI=1S/C14H15N3O3/c1-19-11-5-2-4-10(8-11)9-20-14-12(13(15)17-18)6-3-7-16-14/h2-8,18H,9H2,1H3,(H2,15,17). The zero-order chi connectivity index (χ0) is 14.4. The lowest BCUT2D eigenvalue weighted by Gasteiger charge is -2.09. The third kappa shape index (κ3) is 3.17. The van der Waals surface area contributed by atoms with Crippen molar-refractivity contribution in [2.75, 3.05) is 7.11 Å². The Kier molecular flexibility index (Phi) is 4.39. The first kappa shape index (κ1) is 13.7. The van der Waals surface area contributed by atoms with Gasteiger partial charge in [0.2, 0.25) is 5.88 Å². The third-order valence-corrected chi connectivity index (χ3v) is 2.66. The van der Waals surface area contributed by atoms with Crippen molar-refractivity contribution >= 4 is 5.84 Å². The molecule has 20 heavy (non-hydrogen) atoms. The number of ether oxygens (including phenoxy) is 2. The Morgan fingerprint density at radius 1 is 1.35 bits per heavy atom. The molecule has 6 heteroatoms. The van der Waals surface area contributed by atoms with Crippen LogP contribution in [0.5, 0.6) is 11.6 Å². The van der Waals surface area contributed by atoms with Crippen molar-refractivity contribution < 1.29 is 14.7 Å². The molecule has 0 atom stereocenters. The van der Waals surface area contributed by atoms with Crippen molar-refractivity contribution in [1.29, 1.82) is 0 Å². The van der Waals surface area contributed by atoms with Crippen molar-refractivity contribution in [1.82, 2.24) is 4.98 Å². The maximum absolute atomic E-state index is 8.73. The quantitative estimate of drug-likeness (QED) is 0.375. The highest BCUT2D eigenvalue weighted by Crippen LogP contribution is 2.18. The van der Waals surface area contributed by atoms with Crippen molar-refractivity contribution in [3.8, 4) is 11.6 Å². The predicted octanol–water partition coefficient (Wildman–Crippen LogP) is 1.76. The average molecular weight is 273 g/mol. The van der Waals surface area contributed by atoms with E-state index in [2.05, 4.69) is 10.1 Å². The van der Waals surface area contributed by atoms with Gasteiger partial charge in [-0.3, -0.25) is 0 Å². The number of methoxy groups -OCH3 is 1. The lowest BCUT2D eigenvalue weighted by molar-refractivity contribution is 0.291. The van der Waals surface area contributed by atoms with Gasteiger partial charge in [0.15, 0.2) is 5.84 Å². The summed E-state index contributed by atoms with van der Waals surface area (Å²) in [5.74, 6) is 1.02. The Labute approximate surface area is 116 Å². The fraction of sp³-hybridized carbons (Fsp3) is 0.143. The molecule has 0 amide bonds. The normalized spacial score (nSPS) is 11.2. The predicted molar refractivity (Wildman–Crippen MR) is 74.1 cm³/mol. The first-order valence-corrected chi connectivity index (χ1v) is 5.93. The molecule has 0 saturated heterocycles. The topological polar surface area (TPSA) is 90.0 Å². The Balaban J connectivity index is 2.14. The number of aromatic nitrogens is 1. The largest absolute Gasteiger partial charge is 0.497 e. The van der Waals surface area contributed by atoms with Crippen molar-refractivity contribution in [2.45, 2.75) is 6.61 Å². The highest BCUT2D eigenvalue weighted by molar-refractivity contribution is 5.98. The van der Waals surface area contributed by atoms with Crippen LogP contribution in [0.25, 0.3) is 0 Å². The molecular formula is C14H15N3O3. The zero-order valence-electron chi connectivity index (χ0n) is 11.0.